The van der Waals surface area contributed by atoms with Gasteiger partial charge in [-0.25, -0.2) is 4.39 Å². The average Bonchev–Trinajstić information content (AvgIpc) is 2.16. The van der Waals surface area contributed by atoms with Gasteiger partial charge in [0.15, 0.2) is 0 Å². The van der Waals surface area contributed by atoms with Crippen LogP contribution in [-0.2, 0) is 0 Å². The minimum atomic E-state index is -0.384. The molecule has 1 aromatic carbocycles. The summed E-state index contributed by atoms with van der Waals surface area (Å²) in [7, 11) is 0. The molecule has 1 aromatic rings. The maximum atomic E-state index is 13.1. The van der Waals surface area contributed by atoms with Crippen molar-refractivity contribution in [2.75, 3.05) is 5.75 Å². The van der Waals surface area contributed by atoms with Crippen LogP contribution < -0.4 is 5.32 Å². The summed E-state index contributed by atoms with van der Waals surface area (Å²) in [6.07, 6.45) is 1.13. The van der Waals surface area contributed by atoms with Crippen LogP contribution in [0.15, 0.2) is 18.2 Å². The maximum absolute atomic E-state index is 13.1. The largest absolute Gasteiger partial charge is 0.508 e. The van der Waals surface area contributed by atoms with Gasteiger partial charge in [0.2, 0.25) is 0 Å². The zero-order valence-corrected chi connectivity index (χ0v) is 9.35. The van der Waals surface area contributed by atoms with Crippen LogP contribution in [0.3, 0.4) is 0 Å². The van der Waals surface area contributed by atoms with E-state index in [1.54, 1.807) is 17.8 Å². The van der Waals surface area contributed by atoms with E-state index in [1.807, 2.05) is 0 Å². The molecule has 1 fully saturated rings. The van der Waals surface area contributed by atoms with E-state index in [2.05, 4.69) is 12.2 Å². The van der Waals surface area contributed by atoms with Crippen molar-refractivity contribution < 1.29 is 9.50 Å². The Morgan fingerprint density at radius 2 is 2.27 bits per heavy atom. The normalized spacial score (nSPS) is 26.5. The fourth-order valence-electron chi connectivity index (χ4n) is 1.69. The number of benzene rings is 1. The van der Waals surface area contributed by atoms with E-state index in [1.165, 1.54) is 6.07 Å². The first-order valence-corrected chi connectivity index (χ1v) is 6.07. The fraction of sp³-hybridized carbons (Fsp3) is 0.455. The number of hydrogen-bond acceptors (Lipinski definition) is 3. The topological polar surface area (TPSA) is 32.3 Å². The highest BCUT2D eigenvalue weighted by molar-refractivity contribution is 7.99. The van der Waals surface area contributed by atoms with Gasteiger partial charge in [-0.2, -0.15) is 0 Å². The number of hydrogen-bond donors (Lipinski definition) is 2. The van der Waals surface area contributed by atoms with Crippen molar-refractivity contribution >= 4 is 11.8 Å². The number of aromatic hydroxyl groups is 1. The summed E-state index contributed by atoms with van der Waals surface area (Å²) >= 11 is 1.75. The lowest BCUT2D eigenvalue weighted by atomic mass is 10.1. The highest BCUT2D eigenvalue weighted by atomic mass is 32.2. The Balaban J connectivity index is 2.20. The molecule has 0 radical (unpaired) electrons. The van der Waals surface area contributed by atoms with Crippen molar-refractivity contribution in [2.45, 2.75) is 24.8 Å². The zero-order chi connectivity index (χ0) is 10.8. The van der Waals surface area contributed by atoms with Crippen molar-refractivity contribution in [2.24, 2.45) is 0 Å². The van der Waals surface area contributed by atoms with E-state index in [9.17, 15) is 9.50 Å². The Morgan fingerprint density at radius 3 is 2.93 bits per heavy atom. The lowest BCUT2D eigenvalue weighted by Gasteiger charge is -2.28. The van der Waals surface area contributed by atoms with Gasteiger partial charge in [-0.15, -0.1) is 11.8 Å². The number of rotatable bonds is 1. The van der Waals surface area contributed by atoms with Gasteiger partial charge in [-0.1, -0.05) is 0 Å². The fourth-order valence-corrected chi connectivity index (χ4v) is 3.08. The molecule has 1 aliphatic rings. The molecule has 4 heteroatoms. The number of nitrogens with one attached hydrogen (secondary N) is 1. The van der Waals surface area contributed by atoms with E-state index >= 15 is 0 Å². The second-order valence-corrected chi connectivity index (χ2v) is 5.06. The molecule has 1 aliphatic heterocycles. The molecule has 1 saturated heterocycles. The van der Waals surface area contributed by atoms with Gasteiger partial charge in [0, 0.05) is 12.1 Å². The summed E-state index contributed by atoms with van der Waals surface area (Å²) in [5, 5.41) is 12.8. The lowest BCUT2D eigenvalue weighted by Crippen LogP contribution is -2.33. The van der Waals surface area contributed by atoms with Crippen LogP contribution in [0, 0.1) is 5.82 Å². The molecule has 0 bridgehead atoms. The Kier molecular flexibility index (Phi) is 3.17. The van der Waals surface area contributed by atoms with E-state index in [-0.39, 0.29) is 16.9 Å². The molecule has 1 heterocycles. The molecule has 82 valence electrons. The minimum Gasteiger partial charge on any atom is -0.508 e. The van der Waals surface area contributed by atoms with Crippen molar-refractivity contribution in [1.29, 1.82) is 0 Å². The number of phenols is 1. The smallest absolute Gasteiger partial charge is 0.127 e. The molecule has 2 atom stereocenters. The number of halogens is 1. The van der Waals surface area contributed by atoms with Crippen LogP contribution in [0.2, 0.25) is 0 Å². The van der Waals surface area contributed by atoms with E-state index in [0.29, 0.717) is 6.04 Å². The lowest BCUT2D eigenvalue weighted by molar-refractivity contribution is 0.464. The molecule has 15 heavy (non-hydrogen) atoms. The summed E-state index contributed by atoms with van der Waals surface area (Å²) in [5.74, 6) is 0.673. The first-order chi connectivity index (χ1) is 7.15. The van der Waals surface area contributed by atoms with E-state index in [4.69, 9.17) is 0 Å². The zero-order valence-electron chi connectivity index (χ0n) is 8.53. The number of thioether (sulfide) groups is 1. The standard InChI is InChI=1S/C11H14FNOS/c1-7-2-3-15-11(13-7)8-4-9(12)6-10(14)5-8/h4-7,11,13-14H,2-3H2,1H3. The molecular formula is C11H14FNOS. The molecule has 0 amide bonds. The Labute approximate surface area is 92.9 Å². The Bertz CT molecular complexity index is 338. The summed E-state index contributed by atoms with van der Waals surface area (Å²) in [6, 6.07) is 4.66. The van der Waals surface area contributed by atoms with Crippen molar-refractivity contribution in [3.05, 3.63) is 29.6 Å². The molecule has 2 N–H and O–H groups in total. The predicted octanol–water partition coefficient (Wildman–Crippen LogP) is 2.64. The van der Waals surface area contributed by atoms with Gasteiger partial charge in [-0.05, 0) is 36.8 Å². The monoisotopic (exact) mass is 227 g/mol. The van der Waals surface area contributed by atoms with Crippen LogP contribution >= 0.6 is 11.8 Å². The summed E-state index contributed by atoms with van der Waals surface area (Å²) < 4.78 is 13.1. The SMILES string of the molecule is CC1CCSC(c2cc(O)cc(F)c2)N1. The molecule has 0 aromatic heterocycles. The molecule has 2 nitrogen and oxygen atoms in total. The Morgan fingerprint density at radius 1 is 1.47 bits per heavy atom. The molecule has 2 unspecified atom stereocenters. The molecule has 2 rings (SSSR count). The minimum absolute atomic E-state index is 0.00868. The van der Waals surface area contributed by atoms with Crippen molar-refractivity contribution in [1.82, 2.24) is 5.32 Å². The second kappa shape index (κ2) is 4.41. The third-order valence-electron chi connectivity index (χ3n) is 2.48. The van der Waals surface area contributed by atoms with Crippen LogP contribution in [0.1, 0.15) is 24.3 Å². The van der Waals surface area contributed by atoms with Gasteiger partial charge >= 0.3 is 0 Å². The maximum Gasteiger partial charge on any atom is 0.127 e. The van der Waals surface area contributed by atoms with E-state index < -0.39 is 0 Å². The predicted molar refractivity (Wildman–Crippen MR) is 60.5 cm³/mol. The summed E-state index contributed by atoms with van der Waals surface area (Å²) in [5.41, 5.74) is 0.809. The Hall–Kier alpha value is -0.740. The highest BCUT2D eigenvalue weighted by Crippen LogP contribution is 2.33. The van der Waals surface area contributed by atoms with Crippen LogP contribution in [0.25, 0.3) is 0 Å². The summed E-state index contributed by atoms with van der Waals surface area (Å²) in [4.78, 5) is 0. The van der Waals surface area contributed by atoms with Gasteiger partial charge < -0.3 is 5.11 Å². The number of phenolic OH excluding ortho intramolecular Hbond substituents is 1. The van der Waals surface area contributed by atoms with Crippen molar-refractivity contribution in [3.8, 4) is 5.75 Å². The first kappa shape index (κ1) is 10.8. The van der Waals surface area contributed by atoms with E-state index in [0.717, 1.165) is 23.8 Å². The second-order valence-electron chi connectivity index (χ2n) is 3.85. The van der Waals surface area contributed by atoms with Crippen molar-refractivity contribution in [3.63, 3.8) is 0 Å². The van der Waals surface area contributed by atoms with Crippen LogP contribution in [0.5, 0.6) is 5.75 Å². The van der Waals surface area contributed by atoms with Gasteiger partial charge in [0.05, 0.1) is 5.37 Å². The van der Waals surface area contributed by atoms with Gasteiger partial charge in [0.25, 0.3) is 0 Å². The van der Waals surface area contributed by atoms with Crippen LogP contribution in [-0.4, -0.2) is 16.9 Å². The van der Waals surface area contributed by atoms with Crippen LogP contribution in [0.4, 0.5) is 4.39 Å². The molecule has 0 saturated carbocycles. The first-order valence-electron chi connectivity index (χ1n) is 5.02. The average molecular weight is 227 g/mol. The third kappa shape index (κ3) is 2.63. The van der Waals surface area contributed by atoms with Gasteiger partial charge in [-0.3, -0.25) is 5.32 Å². The molecule has 0 aliphatic carbocycles. The highest BCUT2D eigenvalue weighted by Gasteiger charge is 2.20. The summed E-state index contributed by atoms with van der Waals surface area (Å²) in [6.45, 7) is 2.12. The molecule has 0 spiro atoms. The van der Waals surface area contributed by atoms with Gasteiger partial charge in [0.1, 0.15) is 11.6 Å². The quantitative estimate of drug-likeness (QED) is 0.773. The molecular weight excluding hydrogens is 213 g/mol. The third-order valence-corrected chi connectivity index (χ3v) is 3.69.